The molecule has 31 heavy (non-hydrogen) atoms. The fraction of sp³-hybridized carbons (Fsp3) is 0.435. The highest BCUT2D eigenvalue weighted by molar-refractivity contribution is 6.31. The van der Waals surface area contributed by atoms with E-state index >= 15 is 0 Å². The zero-order chi connectivity index (χ0) is 22.4. The van der Waals surface area contributed by atoms with E-state index < -0.39 is 0 Å². The van der Waals surface area contributed by atoms with Crippen LogP contribution in [-0.2, 0) is 4.79 Å². The zero-order valence-corrected chi connectivity index (χ0v) is 19.7. The molecule has 0 radical (unpaired) electrons. The van der Waals surface area contributed by atoms with Gasteiger partial charge in [0, 0.05) is 48.8 Å². The molecule has 1 N–H and O–H groups in total. The monoisotopic (exact) mass is 465 g/mol. The van der Waals surface area contributed by atoms with Crippen LogP contribution in [0, 0.1) is 6.92 Å². The van der Waals surface area contributed by atoms with Gasteiger partial charge >= 0.3 is 0 Å². The van der Waals surface area contributed by atoms with E-state index in [0.717, 1.165) is 44.0 Å². The normalized spacial score (nSPS) is 16.0. The van der Waals surface area contributed by atoms with Crippen LogP contribution in [0.15, 0.2) is 36.4 Å². The maximum Gasteiger partial charge on any atom is 0.241 e. The molecule has 1 amide bonds. The number of carbonyl (C=O) groups is 1. The molecule has 6 nitrogen and oxygen atoms in total. The van der Waals surface area contributed by atoms with E-state index in [9.17, 15) is 4.79 Å². The molecule has 3 rings (SSSR count). The highest BCUT2D eigenvalue weighted by atomic mass is 35.5. The summed E-state index contributed by atoms with van der Waals surface area (Å²) in [4.78, 5) is 17.4. The predicted octanol–water partition coefficient (Wildman–Crippen LogP) is 4.33. The van der Waals surface area contributed by atoms with E-state index in [2.05, 4.69) is 15.1 Å². The summed E-state index contributed by atoms with van der Waals surface area (Å²) in [6, 6.07) is 10.7. The summed E-state index contributed by atoms with van der Waals surface area (Å²) >= 11 is 12.1. The van der Waals surface area contributed by atoms with Crippen molar-refractivity contribution in [1.29, 1.82) is 0 Å². The fourth-order valence-electron chi connectivity index (χ4n) is 3.53. The summed E-state index contributed by atoms with van der Waals surface area (Å²) in [5.41, 5.74) is 1.53. The topological polar surface area (TPSA) is 54.0 Å². The quantitative estimate of drug-likeness (QED) is 0.628. The SMILES string of the molecule is COc1cc(Cl)c(C)cc1NC(=O)[C@@H](C)N1CCN(CCOc2ccc(Cl)cc2)CC1. The Kier molecular flexibility index (Phi) is 8.43. The second-order valence-corrected chi connectivity index (χ2v) is 8.49. The van der Waals surface area contributed by atoms with E-state index in [1.807, 2.05) is 44.2 Å². The molecular formula is C23H29Cl2N3O3. The molecule has 2 aromatic rings. The molecule has 0 unspecified atom stereocenters. The van der Waals surface area contributed by atoms with Crippen molar-refractivity contribution in [2.24, 2.45) is 0 Å². The van der Waals surface area contributed by atoms with Crippen molar-refractivity contribution in [3.8, 4) is 11.5 Å². The lowest BCUT2D eigenvalue weighted by molar-refractivity contribution is -0.121. The Labute approximate surface area is 194 Å². The lowest BCUT2D eigenvalue weighted by Gasteiger charge is -2.37. The van der Waals surface area contributed by atoms with Crippen LogP contribution >= 0.6 is 23.2 Å². The van der Waals surface area contributed by atoms with Gasteiger partial charge in [-0.05, 0) is 49.7 Å². The van der Waals surface area contributed by atoms with Gasteiger partial charge in [-0.2, -0.15) is 0 Å². The predicted molar refractivity (Wildman–Crippen MR) is 126 cm³/mol. The van der Waals surface area contributed by atoms with Crippen molar-refractivity contribution >= 4 is 34.8 Å². The van der Waals surface area contributed by atoms with Crippen molar-refractivity contribution < 1.29 is 14.3 Å². The lowest BCUT2D eigenvalue weighted by atomic mass is 10.1. The van der Waals surface area contributed by atoms with E-state index in [-0.39, 0.29) is 11.9 Å². The molecule has 0 bridgehead atoms. The van der Waals surface area contributed by atoms with E-state index in [0.29, 0.717) is 28.1 Å². The number of carbonyl (C=O) groups excluding carboxylic acids is 1. The molecule has 0 saturated carbocycles. The summed E-state index contributed by atoms with van der Waals surface area (Å²) in [7, 11) is 1.57. The van der Waals surface area contributed by atoms with Gasteiger partial charge in [-0.1, -0.05) is 23.2 Å². The molecule has 0 spiro atoms. The number of piperazine rings is 1. The van der Waals surface area contributed by atoms with Gasteiger partial charge in [0.1, 0.15) is 18.1 Å². The Bertz CT molecular complexity index is 884. The summed E-state index contributed by atoms with van der Waals surface area (Å²) in [5.74, 6) is 1.32. The maximum atomic E-state index is 12.8. The van der Waals surface area contributed by atoms with Crippen LogP contribution in [0.5, 0.6) is 11.5 Å². The summed E-state index contributed by atoms with van der Waals surface area (Å²) in [5, 5.41) is 4.30. The van der Waals surface area contributed by atoms with Gasteiger partial charge in [0.25, 0.3) is 0 Å². The standard InChI is InChI=1S/C23H29Cl2N3O3/c1-16-14-21(22(30-3)15-20(16)25)26-23(29)17(2)28-10-8-27(9-11-28)12-13-31-19-6-4-18(24)5-7-19/h4-7,14-15,17H,8-13H2,1-3H3,(H,26,29)/t17-/m1/s1. The first-order chi connectivity index (χ1) is 14.9. The number of nitrogens with one attached hydrogen (secondary N) is 1. The second kappa shape index (κ2) is 11.0. The molecule has 1 saturated heterocycles. The minimum atomic E-state index is -0.242. The number of nitrogens with zero attached hydrogens (tertiary/aromatic N) is 2. The van der Waals surface area contributed by atoms with Crippen LogP contribution in [0.2, 0.25) is 10.0 Å². The number of amides is 1. The number of hydrogen-bond acceptors (Lipinski definition) is 5. The highest BCUT2D eigenvalue weighted by Gasteiger charge is 2.26. The summed E-state index contributed by atoms with van der Waals surface area (Å²) in [6.07, 6.45) is 0. The second-order valence-electron chi connectivity index (χ2n) is 7.65. The Hall–Kier alpha value is -1.99. The van der Waals surface area contributed by atoms with Gasteiger partial charge in [-0.3, -0.25) is 14.6 Å². The third-order valence-corrected chi connectivity index (χ3v) is 6.22. The number of methoxy groups -OCH3 is 1. The fourth-order valence-corrected chi connectivity index (χ4v) is 3.81. The van der Waals surface area contributed by atoms with Crippen molar-refractivity contribution in [2.75, 3.05) is 51.8 Å². The van der Waals surface area contributed by atoms with Crippen molar-refractivity contribution in [3.63, 3.8) is 0 Å². The van der Waals surface area contributed by atoms with E-state index in [1.54, 1.807) is 13.2 Å². The number of hydrogen-bond donors (Lipinski definition) is 1. The number of rotatable bonds is 8. The van der Waals surface area contributed by atoms with Gasteiger partial charge in [0.2, 0.25) is 5.91 Å². The third-order valence-electron chi connectivity index (χ3n) is 5.56. The van der Waals surface area contributed by atoms with Crippen molar-refractivity contribution in [1.82, 2.24) is 9.80 Å². The Morgan fingerprint density at radius 3 is 2.45 bits per heavy atom. The first-order valence-electron chi connectivity index (χ1n) is 10.4. The van der Waals surface area contributed by atoms with Crippen molar-refractivity contribution in [3.05, 3.63) is 52.0 Å². The number of anilines is 1. The smallest absolute Gasteiger partial charge is 0.241 e. The van der Waals surface area contributed by atoms with Gasteiger partial charge < -0.3 is 14.8 Å². The van der Waals surface area contributed by atoms with Gasteiger partial charge in [0.05, 0.1) is 18.8 Å². The van der Waals surface area contributed by atoms with E-state index in [1.165, 1.54) is 0 Å². The third kappa shape index (κ3) is 6.50. The van der Waals surface area contributed by atoms with E-state index in [4.69, 9.17) is 32.7 Å². The molecule has 8 heteroatoms. The molecule has 1 heterocycles. The van der Waals surface area contributed by atoms with Crippen LogP contribution in [-0.4, -0.2) is 68.2 Å². The molecule has 168 valence electrons. The number of halogens is 2. The van der Waals surface area contributed by atoms with Gasteiger partial charge in [0.15, 0.2) is 0 Å². The molecule has 0 aliphatic carbocycles. The number of ether oxygens (including phenoxy) is 2. The van der Waals surface area contributed by atoms with Crippen LogP contribution in [0.3, 0.4) is 0 Å². The van der Waals surface area contributed by atoms with Crippen LogP contribution in [0.1, 0.15) is 12.5 Å². The first kappa shape index (κ1) is 23.7. The largest absolute Gasteiger partial charge is 0.495 e. The Balaban J connectivity index is 1.45. The molecule has 1 aliphatic rings. The minimum absolute atomic E-state index is 0.0560. The first-order valence-corrected chi connectivity index (χ1v) is 11.1. The number of benzene rings is 2. The van der Waals surface area contributed by atoms with Gasteiger partial charge in [-0.15, -0.1) is 0 Å². The highest BCUT2D eigenvalue weighted by Crippen LogP contribution is 2.31. The summed E-state index contributed by atoms with van der Waals surface area (Å²) in [6.45, 7) is 8.74. The maximum absolute atomic E-state index is 12.8. The van der Waals surface area contributed by atoms with Crippen molar-refractivity contribution in [2.45, 2.75) is 19.9 Å². The van der Waals surface area contributed by atoms with Gasteiger partial charge in [-0.25, -0.2) is 0 Å². The van der Waals surface area contributed by atoms with Crippen LogP contribution in [0.4, 0.5) is 5.69 Å². The van der Waals surface area contributed by atoms with Crippen LogP contribution < -0.4 is 14.8 Å². The molecule has 2 aromatic carbocycles. The zero-order valence-electron chi connectivity index (χ0n) is 18.2. The lowest BCUT2D eigenvalue weighted by Crippen LogP contribution is -2.53. The minimum Gasteiger partial charge on any atom is -0.495 e. The Morgan fingerprint density at radius 2 is 1.81 bits per heavy atom. The molecule has 1 aliphatic heterocycles. The average Bonchev–Trinajstić information content (AvgIpc) is 2.77. The molecular weight excluding hydrogens is 437 g/mol. The molecule has 1 atom stereocenters. The molecule has 0 aromatic heterocycles. The average molecular weight is 466 g/mol. The Morgan fingerprint density at radius 1 is 1.13 bits per heavy atom. The van der Waals surface area contributed by atoms with Crippen LogP contribution in [0.25, 0.3) is 0 Å². The number of aryl methyl sites for hydroxylation is 1. The summed E-state index contributed by atoms with van der Waals surface area (Å²) < 4.78 is 11.1. The molecule has 1 fully saturated rings.